The molecule has 1 aromatic carbocycles. The zero-order chi connectivity index (χ0) is 13.8. The first-order valence-electron chi connectivity index (χ1n) is 6.21. The molecule has 19 heavy (non-hydrogen) atoms. The van der Waals surface area contributed by atoms with Gasteiger partial charge in [0.1, 0.15) is 10.6 Å². The van der Waals surface area contributed by atoms with Gasteiger partial charge in [-0.25, -0.2) is 4.79 Å². The number of thiophene rings is 1. The Morgan fingerprint density at radius 1 is 1.26 bits per heavy atom. The lowest BCUT2D eigenvalue weighted by molar-refractivity contribution is 0.0702. The van der Waals surface area contributed by atoms with Gasteiger partial charge in [-0.1, -0.05) is 37.3 Å². The highest BCUT2D eigenvalue weighted by Gasteiger charge is 2.08. The minimum atomic E-state index is -0.924. The van der Waals surface area contributed by atoms with Gasteiger partial charge < -0.3 is 9.84 Å². The Hall–Kier alpha value is -1.81. The number of carboxylic acid groups (broad SMARTS) is 1. The van der Waals surface area contributed by atoms with E-state index in [1.54, 1.807) is 12.1 Å². The smallest absolute Gasteiger partial charge is 0.345 e. The van der Waals surface area contributed by atoms with Gasteiger partial charge in [-0.3, -0.25) is 0 Å². The summed E-state index contributed by atoms with van der Waals surface area (Å²) < 4.78 is 5.63. The third kappa shape index (κ3) is 3.35. The molecular weight excluding hydrogens is 260 g/mol. The first-order chi connectivity index (χ1) is 9.10. The van der Waals surface area contributed by atoms with Crippen molar-refractivity contribution in [3.8, 4) is 10.8 Å². The van der Waals surface area contributed by atoms with Gasteiger partial charge in [-0.15, -0.1) is 0 Å². The van der Waals surface area contributed by atoms with Crippen LogP contribution in [0.15, 0.2) is 36.4 Å². The van der Waals surface area contributed by atoms with E-state index in [-0.39, 0.29) is 4.88 Å². The fourth-order valence-electron chi connectivity index (χ4n) is 1.71. The Bertz CT molecular complexity index is 557. The first-order valence-corrected chi connectivity index (χ1v) is 7.02. The van der Waals surface area contributed by atoms with Crippen molar-refractivity contribution in [3.63, 3.8) is 0 Å². The van der Waals surface area contributed by atoms with E-state index in [1.165, 1.54) is 5.56 Å². The Morgan fingerprint density at radius 3 is 2.47 bits per heavy atom. The van der Waals surface area contributed by atoms with Crippen LogP contribution in [0.1, 0.15) is 41.4 Å². The van der Waals surface area contributed by atoms with Crippen LogP contribution in [0.4, 0.5) is 0 Å². The zero-order valence-electron chi connectivity index (χ0n) is 10.9. The molecule has 0 amide bonds. The van der Waals surface area contributed by atoms with E-state index in [0.717, 1.165) is 23.5 Å². The van der Waals surface area contributed by atoms with Crippen LogP contribution in [0.25, 0.3) is 0 Å². The molecule has 2 rings (SSSR count). The van der Waals surface area contributed by atoms with Gasteiger partial charge in [0.2, 0.25) is 0 Å². The molecule has 1 unspecified atom stereocenters. The summed E-state index contributed by atoms with van der Waals surface area (Å²) in [6.45, 7) is 4.35. The van der Waals surface area contributed by atoms with Gasteiger partial charge in [0, 0.05) is 0 Å². The van der Waals surface area contributed by atoms with E-state index < -0.39 is 5.97 Å². The van der Waals surface area contributed by atoms with Crippen LogP contribution >= 0.6 is 11.3 Å². The molecule has 0 saturated heterocycles. The van der Waals surface area contributed by atoms with Gasteiger partial charge in [-0.05, 0) is 42.2 Å². The van der Waals surface area contributed by atoms with Crippen LogP contribution in [0.3, 0.4) is 0 Å². The third-order valence-corrected chi connectivity index (χ3v) is 4.02. The molecule has 100 valence electrons. The van der Waals surface area contributed by atoms with Gasteiger partial charge in [0.05, 0.1) is 0 Å². The lowest BCUT2D eigenvalue weighted by Crippen LogP contribution is -1.91. The normalized spacial score (nSPS) is 12.1. The Balaban J connectivity index is 2.08. The minimum absolute atomic E-state index is 0.284. The molecule has 1 N–H and O–H groups in total. The van der Waals surface area contributed by atoms with Gasteiger partial charge in [0.15, 0.2) is 5.06 Å². The van der Waals surface area contributed by atoms with Gasteiger partial charge >= 0.3 is 5.97 Å². The molecule has 2 aromatic rings. The van der Waals surface area contributed by atoms with E-state index in [1.807, 2.05) is 12.1 Å². The average Bonchev–Trinajstić information content (AvgIpc) is 2.87. The van der Waals surface area contributed by atoms with Crippen molar-refractivity contribution in [2.24, 2.45) is 0 Å². The fourth-order valence-corrected chi connectivity index (χ4v) is 2.42. The van der Waals surface area contributed by atoms with Crippen molar-refractivity contribution in [2.75, 3.05) is 0 Å². The SMILES string of the molecule is CCC(C)c1ccc(Oc2ccc(C(=O)O)s2)cc1. The van der Waals surface area contributed by atoms with Crippen molar-refractivity contribution < 1.29 is 14.6 Å². The van der Waals surface area contributed by atoms with Crippen LogP contribution in [0, 0.1) is 0 Å². The number of carbonyl (C=O) groups is 1. The third-order valence-electron chi connectivity index (χ3n) is 3.07. The number of benzene rings is 1. The summed E-state index contributed by atoms with van der Waals surface area (Å²) in [6, 6.07) is 11.2. The summed E-state index contributed by atoms with van der Waals surface area (Å²) in [4.78, 5) is 11.1. The Kier molecular flexibility index (Phi) is 4.22. The lowest BCUT2D eigenvalue weighted by Gasteiger charge is -2.09. The molecule has 0 fully saturated rings. The molecule has 0 aliphatic carbocycles. The van der Waals surface area contributed by atoms with Crippen LogP contribution in [0.2, 0.25) is 0 Å². The molecule has 3 nitrogen and oxygen atoms in total. The Labute approximate surface area is 116 Å². The molecule has 4 heteroatoms. The molecular formula is C15H16O3S. The lowest BCUT2D eigenvalue weighted by atomic mass is 9.99. The number of rotatable bonds is 5. The first kappa shape index (κ1) is 13.6. The molecule has 0 bridgehead atoms. The van der Waals surface area contributed by atoms with Crippen LogP contribution < -0.4 is 4.74 Å². The highest BCUT2D eigenvalue weighted by molar-refractivity contribution is 7.15. The van der Waals surface area contributed by atoms with Crippen molar-refractivity contribution in [1.82, 2.24) is 0 Å². The molecule has 0 radical (unpaired) electrons. The molecule has 0 aliphatic rings. The quantitative estimate of drug-likeness (QED) is 0.857. The summed E-state index contributed by atoms with van der Waals surface area (Å²) in [7, 11) is 0. The maximum Gasteiger partial charge on any atom is 0.345 e. The van der Waals surface area contributed by atoms with E-state index in [0.29, 0.717) is 11.0 Å². The second-order valence-corrected chi connectivity index (χ2v) is 5.45. The summed E-state index contributed by atoms with van der Waals surface area (Å²) >= 11 is 1.13. The number of carboxylic acids is 1. The highest BCUT2D eigenvalue weighted by atomic mass is 32.1. The summed E-state index contributed by atoms with van der Waals surface area (Å²) in [6.07, 6.45) is 1.10. The van der Waals surface area contributed by atoms with E-state index in [2.05, 4.69) is 26.0 Å². The number of hydrogen-bond donors (Lipinski definition) is 1. The zero-order valence-corrected chi connectivity index (χ0v) is 11.7. The van der Waals surface area contributed by atoms with Crippen LogP contribution in [0.5, 0.6) is 10.8 Å². The van der Waals surface area contributed by atoms with E-state index >= 15 is 0 Å². The summed E-state index contributed by atoms with van der Waals surface area (Å²) in [5, 5.41) is 9.44. The second kappa shape index (κ2) is 5.89. The predicted octanol–water partition coefficient (Wildman–Crippen LogP) is 4.75. The molecule has 0 aliphatic heterocycles. The Morgan fingerprint density at radius 2 is 1.95 bits per heavy atom. The maximum atomic E-state index is 10.8. The van der Waals surface area contributed by atoms with Crippen molar-refractivity contribution in [1.29, 1.82) is 0 Å². The highest BCUT2D eigenvalue weighted by Crippen LogP contribution is 2.30. The van der Waals surface area contributed by atoms with Crippen molar-refractivity contribution in [2.45, 2.75) is 26.2 Å². The number of hydrogen-bond acceptors (Lipinski definition) is 3. The topological polar surface area (TPSA) is 46.5 Å². The molecule has 0 spiro atoms. The summed E-state index contributed by atoms with van der Waals surface area (Å²) in [5.74, 6) is 0.340. The maximum absolute atomic E-state index is 10.8. The fraction of sp³-hybridized carbons (Fsp3) is 0.267. The molecule has 1 heterocycles. The van der Waals surface area contributed by atoms with Crippen LogP contribution in [-0.2, 0) is 0 Å². The monoisotopic (exact) mass is 276 g/mol. The van der Waals surface area contributed by atoms with E-state index in [4.69, 9.17) is 9.84 Å². The predicted molar refractivity (Wildman–Crippen MR) is 76.5 cm³/mol. The molecule has 1 aromatic heterocycles. The van der Waals surface area contributed by atoms with Crippen LogP contribution in [-0.4, -0.2) is 11.1 Å². The summed E-state index contributed by atoms with van der Waals surface area (Å²) in [5.41, 5.74) is 1.28. The number of aromatic carboxylic acids is 1. The van der Waals surface area contributed by atoms with E-state index in [9.17, 15) is 4.79 Å². The van der Waals surface area contributed by atoms with Gasteiger partial charge in [-0.2, -0.15) is 0 Å². The standard InChI is InChI=1S/C15H16O3S/c1-3-10(2)11-4-6-12(7-5-11)18-14-9-8-13(19-14)15(16)17/h4-10H,3H2,1-2H3,(H,16,17). The second-order valence-electron chi connectivity index (χ2n) is 4.40. The van der Waals surface area contributed by atoms with Crippen molar-refractivity contribution >= 4 is 17.3 Å². The average molecular weight is 276 g/mol. The molecule has 0 saturated carbocycles. The van der Waals surface area contributed by atoms with Gasteiger partial charge in [0.25, 0.3) is 0 Å². The molecule has 1 atom stereocenters. The largest absolute Gasteiger partial charge is 0.477 e. The van der Waals surface area contributed by atoms with Crippen molar-refractivity contribution in [3.05, 3.63) is 46.8 Å². The number of ether oxygens (including phenoxy) is 1. The minimum Gasteiger partial charge on any atom is -0.477 e.